The number of imide groups is 1. The molecule has 0 atom stereocenters. The fourth-order valence-corrected chi connectivity index (χ4v) is 3.95. The van der Waals surface area contributed by atoms with Crippen molar-refractivity contribution in [3.63, 3.8) is 0 Å². The summed E-state index contributed by atoms with van der Waals surface area (Å²) in [6, 6.07) is 15.0. The van der Waals surface area contributed by atoms with Crippen LogP contribution in [-0.4, -0.2) is 24.9 Å². The zero-order valence-electron chi connectivity index (χ0n) is 15.2. The summed E-state index contributed by atoms with van der Waals surface area (Å²) in [5.74, 6) is -0.845. The van der Waals surface area contributed by atoms with E-state index in [2.05, 4.69) is 4.90 Å². The van der Waals surface area contributed by atoms with Gasteiger partial charge in [-0.05, 0) is 56.0 Å². The molecule has 0 bridgehead atoms. The van der Waals surface area contributed by atoms with Gasteiger partial charge in [0.05, 0.1) is 11.3 Å². The number of carbonyl (C=O) groups is 2. The molecule has 4 rings (SSSR count). The topological polar surface area (TPSA) is 40.6 Å². The van der Waals surface area contributed by atoms with Crippen molar-refractivity contribution in [2.45, 2.75) is 26.2 Å². The van der Waals surface area contributed by atoms with Gasteiger partial charge in [0.15, 0.2) is 0 Å². The highest BCUT2D eigenvalue weighted by molar-refractivity contribution is 6.60. The van der Waals surface area contributed by atoms with Crippen LogP contribution in [0.2, 0.25) is 0 Å². The summed E-state index contributed by atoms with van der Waals surface area (Å²) >= 11 is 6.25. The van der Waals surface area contributed by atoms with Gasteiger partial charge >= 0.3 is 0 Å². The molecule has 2 aromatic carbocycles. The minimum Gasteiger partial charge on any atom is -0.372 e. The van der Waals surface area contributed by atoms with E-state index in [4.69, 9.17) is 11.6 Å². The average Bonchev–Trinajstić information content (AvgIpc) is 2.92. The van der Waals surface area contributed by atoms with Crippen LogP contribution in [0.4, 0.5) is 11.4 Å². The summed E-state index contributed by atoms with van der Waals surface area (Å²) in [6.45, 7) is 4.06. The van der Waals surface area contributed by atoms with E-state index >= 15 is 0 Å². The first kappa shape index (κ1) is 17.8. The number of halogens is 1. The molecule has 4 nitrogen and oxygen atoms in total. The highest BCUT2D eigenvalue weighted by Crippen LogP contribution is 2.35. The van der Waals surface area contributed by atoms with E-state index < -0.39 is 5.91 Å². The fraction of sp³-hybridized carbons (Fsp3) is 0.273. The second kappa shape index (κ2) is 7.20. The van der Waals surface area contributed by atoms with E-state index in [0.717, 1.165) is 29.2 Å². The Morgan fingerprint density at radius 1 is 0.778 bits per heavy atom. The molecule has 0 aromatic heterocycles. The molecule has 0 spiro atoms. The number of amides is 2. The molecule has 27 heavy (non-hydrogen) atoms. The Morgan fingerprint density at radius 2 is 1.37 bits per heavy atom. The van der Waals surface area contributed by atoms with Gasteiger partial charge in [-0.2, -0.15) is 0 Å². The van der Waals surface area contributed by atoms with Gasteiger partial charge in [0.25, 0.3) is 11.8 Å². The minimum absolute atomic E-state index is 0.0241. The molecule has 0 saturated carbocycles. The molecule has 2 amide bonds. The predicted molar refractivity (Wildman–Crippen MR) is 109 cm³/mol. The number of aryl methyl sites for hydroxylation is 1. The van der Waals surface area contributed by atoms with Crippen LogP contribution in [0.3, 0.4) is 0 Å². The van der Waals surface area contributed by atoms with Crippen molar-refractivity contribution in [1.82, 2.24) is 0 Å². The van der Waals surface area contributed by atoms with Crippen molar-refractivity contribution in [3.8, 4) is 0 Å². The predicted octanol–water partition coefficient (Wildman–Crippen LogP) is 4.51. The SMILES string of the molecule is Cc1ccc(C2=C(Cl)C(=O)N(c3ccc(N4CCCCC4)cc3)C2=O)cc1. The molecule has 2 aliphatic heterocycles. The lowest BCUT2D eigenvalue weighted by molar-refractivity contribution is -0.119. The van der Waals surface area contributed by atoms with Gasteiger partial charge < -0.3 is 4.90 Å². The molecular formula is C22H21ClN2O2. The molecule has 0 unspecified atom stereocenters. The lowest BCUT2D eigenvalue weighted by atomic mass is 10.0. The molecule has 2 aliphatic rings. The van der Waals surface area contributed by atoms with Crippen LogP contribution in [0.15, 0.2) is 53.6 Å². The first-order valence-electron chi connectivity index (χ1n) is 9.27. The summed E-state index contributed by atoms with van der Waals surface area (Å²) in [5.41, 5.74) is 3.68. The number of rotatable bonds is 3. The zero-order chi connectivity index (χ0) is 19.0. The average molecular weight is 381 g/mol. The Kier molecular flexibility index (Phi) is 4.75. The maximum absolute atomic E-state index is 13.0. The van der Waals surface area contributed by atoms with Gasteiger partial charge in [0.2, 0.25) is 0 Å². The van der Waals surface area contributed by atoms with E-state index in [9.17, 15) is 9.59 Å². The Morgan fingerprint density at radius 3 is 2.00 bits per heavy atom. The fourth-order valence-electron chi connectivity index (χ4n) is 3.67. The standard InChI is InChI=1S/C22H21ClN2O2/c1-15-5-7-16(8-6-15)19-20(23)22(27)25(21(19)26)18-11-9-17(10-12-18)24-13-3-2-4-14-24/h5-12H,2-4,13-14H2,1H3. The second-order valence-corrected chi connectivity index (χ2v) is 7.44. The van der Waals surface area contributed by atoms with Crippen LogP contribution in [0.5, 0.6) is 0 Å². The third-order valence-electron chi connectivity index (χ3n) is 5.20. The third-order valence-corrected chi connectivity index (χ3v) is 5.55. The van der Waals surface area contributed by atoms with Crippen LogP contribution in [0, 0.1) is 6.92 Å². The van der Waals surface area contributed by atoms with Crippen molar-refractivity contribution < 1.29 is 9.59 Å². The third kappa shape index (κ3) is 3.26. The smallest absolute Gasteiger partial charge is 0.277 e. The maximum atomic E-state index is 13.0. The van der Waals surface area contributed by atoms with E-state index in [-0.39, 0.29) is 16.5 Å². The Balaban J connectivity index is 1.60. The van der Waals surface area contributed by atoms with Gasteiger partial charge in [-0.15, -0.1) is 0 Å². The normalized spacial score (nSPS) is 17.9. The Labute approximate surface area is 164 Å². The Hall–Kier alpha value is -2.59. The van der Waals surface area contributed by atoms with Crippen molar-refractivity contribution in [3.05, 3.63) is 64.7 Å². The molecule has 0 aliphatic carbocycles. The molecule has 1 fully saturated rings. The lowest BCUT2D eigenvalue weighted by Gasteiger charge is -2.29. The van der Waals surface area contributed by atoms with E-state index in [0.29, 0.717) is 11.3 Å². The van der Waals surface area contributed by atoms with Gasteiger partial charge in [0, 0.05) is 18.8 Å². The van der Waals surface area contributed by atoms with Crippen molar-refractivity contribution in [2.75, 3.05) is 22.9 Å². The largest absolute Gasteiger partial charge is 0.372 e. The van der Waals surface area contributed by atoms with Gasteiger partial charge in [-0.25, -0.2) is 4.90 Å². The van der Waals surface area contributed by atoms with Gasteiger partial charge in [0.1, 0.15) is 5.03 Å². The highest BCUT2D eigenvalue weighted by Gasteiger charge is 2.39. The van der Waals surface area contributed by atoms with Gasteiger partial charge in [-0.1, -0.05) is 41.4 Å². The summed E-state index contributed by atoms with van der Waals surface area (Å²) < 4.78 is 0. The van der Waals surface area contributed by atoms with Crippen molar-refractivity contribution >= 4 is 40.4 Å². The van der Waals surface area contributed by atoms with Crippen LogP contribution < -0.4 is 9.80 Å². The van der Waals surface area contributed by atoms with Crippen LogP contribution >= 0.6 is 11.6 Å². The first-order valence-corrected chi connectivity index (χ1v) is 9.64. The number of benzene rings is 2. The summed E-state index contributed by atoms with van der Waals surface area (Å²) in [6.07, 6.45) is 3.67. The van der Waals surface area contributed by atoms with Crippen LogP contribution in [0.1, 0.15) is 30.4 Å². The van der Waals surface area contributed by atoms with E-state index in [1.165, 1.54) is 19.3 Å². The summed E-state index contributed by atoms with van der Waals surface area (Å²) in [5, 5.41) is -0.0241. The molecule has 1 saturated heterocycles. The number of carbonyl (C=O) groups excluding carboxylic acids is 2. The molecule has 5 heteroatoms. The van der Waals surface area contributed by atoms with Crippen LogP contribution in [0.25, 0.3) is 5.57 Å². The molecule has 2 heterocycles. The van der Waals surface area contributed by atoms with E-state index in [1.54, 1.807) is 0 Å². The number of hydrogen-bond acceptors (Lipinski definition) is 3. The van der Waals surface area contributed by atoms with Crippen LogP contribution in [-0.2, 0) is 9.59 Å². The lowest BCUT2D eigenvalue weighted by Crippen LogP contribution is -2.31. The molecule has 2 aromatic rings. The Bertz CT molecular complexity index is 910. The number of anilines is 2. The summed E-state index contributed by atoms with van der Waals surface area (Å²) in [7, 11) is 0. The number of nitrogens with zero attached hydrogens (tertiary/aromatic N) is 2. The highest BCUT2D eigenvalue weighted by atomic mass is 35.5. The van der Waals surface area contributed by atoms with Crippen molar-refractivity contribution in [2.24, 2.45) is 0 Å². The molecular weight excluding hydrogens is 360 g/mol. The summed E-state index contributed by atoms with van der Waals surface area (Å²) in [4.78, 5) is 29.1. The number of piperidine rings is 1. The molecule has 138 valence electrons. The minimum atomic E-state index is -0.469. The number of hydrogen-bond donors (Lipinski definition) is 0. The first-order chi connectivity index (χ1) is 13.1. The van der Waals surface area contributed by atoms with Gasteiger partial charge in [-0.3, -0.25) is 9.59 Å². The second-order valence-electron chi connectivity index (χ2n) is 7.06. The quantitative estimate of drug-likeness (QED) is 0.735. The molecule has 0 N–H and O–H groups in total. The van der Waals surface area contributed by atoms with E-state index in [1.807, 2.05) is 55.5 Å². The molecule has 0 radical (unpaired) electrons. The maximum Gasteiger partial charge on any atom is 0.277 e. The monoisotopic (exact) mass is 380 g/mol. The zero-order valence-corrected chi connectivity index (χ0v) is 16.0. The van der Waals surface area contributed by atoms with Crippen molar-refractivity contribution in [1.29, 1.82) is 0 Å².